The maximum absolute atomic E-state index is 12.2. The van der Waals surface area contributed by atoms with Crippen LogP contribution >= 0.6 is 0 Å². The number of amides is 1. The van der Waals surface area contributed by atoms with Gasteiger partial charge in [0.2, 0.25) is 5.91 Å². The molecule has 2 rings (SSSR count). The summed E-state index contributed by atoms with van der Waals surface area (Å²) in [5.41, 5.74) is -0.140. The van der Waals surface area contributed by atoms with Crippen LogP contribution in [0.4, 0.5) is 0 Å². The summed E-state index contributed by atoms with van der Waals surface area (Å²) in [6, 6.07) is 0. The monoisotopic (exact) mass is 225 g/mol. The molecule has 1 unspecified atom stereocenters. The molecule has 1 heterocycles. The second-order valence-corrected chi connectivity index (χ2v) is 5.31. The molecule has 1 atom stereocenters. The summed E-state index contributed by atoms with van der Waals surface area (Å²) < 4.78 is 0. The zero-order valence-corrected chi connectivity index (χ0v) is 10.6. The van der Waals surface area contributed by atoms with E-state index in [0.717, 1.165) is 38.8 Å². The van der Waals surface area contributed by atoms with E-state index in [4.69, 9.17) is 0 Å². The van der Waals surface area contributed by atoms with Gasteiger partial charge in [0.1, 0.15) is 0 Å². The van der Waals surface area contributed by atoms with Gasteiger partial charge in [-0.25, -0.2) is 0 Å². The van der Waals surface area contributed by atoms with E-state index < -0.39 is 0 Å². The first kappa shape index (κ1) is 11.9. The van der Waals surface area contributed by atoms with E-state index in [9.17, 15) is 4.79 Å². The van der Waals surface area contributed by atoms with Crippen LogP contribution in [-0.2, 0) is 4.79 Å². The molecule has 1 amide bonds. The van der Waals surface area contributed by atoms with Gasteiger partial charge < -0.3 is 9.80 Å². The van der Waals surface area contributed by atoms with E-state index in [0.29, 0.717) is 5.91 Å². The minimum absolute atomic E-state index is 0.140. The van der Waals surface area contributed by atoms with Crippen LogP contribution < -0.4 is 5.32 Å². The van der Waals surface area contributed by atoms with E-state index in [1.807, 2.05) is 0 Å². The average Bonchev–Trinajstić information content (AvgIpc) is 2.96. The quantitative estimate of drug-likeness (QED) is 0.746. The van der Waals surface area contributed by atoms with Crippen LogP contribution in [0.1, 0.15) is 32.6 Å². The summed E-state index contributed by atoms with van der Waals surface area (Å²) in [4.78, 5) is 16.4. The Morgan fingerprint density at radius 1 is 1.50 bits per heavy atom. The molecule has 1 saturated carbocycles. The maximum atomic E-state index is 12.2. The zero-order chi connectivity index (χ0) is 11.8. The Morgan fingerprint density at radius 2 is 2.19 bits per heavy atom. The second kappa shape index (κ2) is 4.34. The van der Waals surface area contributed by atoms with E-state index in [-0.39, 0.29) is 11.7 Å². The molecule has 0 bridgehead atoms. The topological polar surface area (TPSA) is 35.6 Å². The summed E-state index contributed by atoms with van der Waals surface area (Å²) in [5, 5.41) is 3.49. The highest BCUT2D eigenvalue weighted by atomic mass is 16.2. The van der Waals surface area contributed by atoms with Gasteiger partial charge in [0.25, 0.3) is 0 Å². The first-order chi connectivity index (χ1) is 7.59. The summed E-state index contributed by atoms with van der Waals surface area (Å²) in [7, 11) is 4.15. The highest BCUT2D eigenvalue weighted by Gasteiger charge is 2.58. The fraction of sp³-hybridized carbons (Fsp3) is 0.917. The van der Waals surface area contributed by atoms with Crippen LogP contribution in [0.25, 0.3) is 0 Å². The van der Waals surface area contributed by atoms with Gasteiger partial charge in [0.05, 0.1) is 11.7 Å². The van der Waals surface area contributed by atoms with Crippen molar-refractivity contribution in [2.75, 3.05) is 27.2 Å². The lowest BCUT2D eigenvalue weighted by Gasteiger charge is -2.23. The minimum atomic E-state index is -0.140. The van der Waals surface area contributed by atoms with Crippen LogP contribution in [0.15, 0.2) is 0 Å². The first-order valence-corrected chi connectivity index (χ1v) is 6.32. The largest absolute Gasteiger partial charge is 0.326 e. The maximum Gasteiger partial charge on any atom is 0.244 e. The molecule has 4 nitrogen and oxygen atoms in total. The number of hydrogen-bond acceptors (Lipinski definition) is 3. The van der Waals surface area contributed by atoms with Crippen molar-refractivity contribution in [2.24, 2.45) is 0 Å². The van der Waals surface area contributed by atoms with E-state index >= 15 is 0 Å². The highest BCUT2D eigenvalue weighted by Crippen LogP contribution is 2.42. The number of nitrogens with one attached hydrogen (secondary N) is 1. The molecule has 0 aromatic heterocycles. The van der Waals surface area contributed by atoms with Crippen LogP contribution in [0.5, 0.6) is 0 Å². The van der Waals surface area contributed by atoms with Crippen LogP contribution in [0, 0.1) is 0 Å². The van der Waals surface area contributed by atoms with Gasteiger partial charge in [0, 0.05) is 6.54 Å². The predicted octanol–water partition coefficient (Wildman–Crippen LogP) is 0.639. The van der Waals surface area contributed by atoms with Crippen molar-refractivity contribution in [1.82, 2.24) is 15.1 Å². The molecular weight excluding hydrogens is 202 g/mol. The third-order valence-corrected chi connectivity index (χ3v) is 3.63. The third kappa shape index (κ3) is 2.09. The lowest BCUT2D eigenvalue weighted by atomic mass is 10.2. The lowest BCUT2D eigenvalue weighted by molar-refractivity contribution is -0.130. The molecule has 2 fully saturated rings. The Labute approximate surface area is 98.0 Å². The molecule has 4 heteroatoms. The normalized spacial score (nSPS) is 27.1. The molecule has 0 aromatic carbocycles. The van der Waals surface area contributed by atoms with Crippen molar-refractivity contribution in [3.05, 3.63) is 0 Å². The molecule has 1 saturated heterocycles. The Kier molecular flexibility index (Phi) is 3.22. The molecule has 0 aromatic rings. The predicted molar refractivity (Wildman–Crippen MR) is 64.1 cm³/mol. The Balaban J connectivity index is 1.89. The van der Waals surface area contributed by atoms with Crippen LogP contribution in [0.3, 0.4) is 0 Å². The van der Waals surface area contributed by atoms with Gasteiger partial charge in [-0.15, -0.1) is 0 Å². The van der Waals surface area contributed by atoms with Gasteiger partial charge in [-0.1, -0.05) is 6.92 Å². The Bertz CT molecular complexity index is 273. The fourth-order valence-electron chi connectivity index (χ4n) is 2.50. The molecule has 2 aliphatic rings. The van der Waals surface area contributed by atoms with Crippen LogP contribution in [-0.4, -0.2) is 54.6 Å². The van der Waals surface area contributed by atoms with Crippen molar-refractivity contribution < 1.29 is 4.79 Å². The molecule has 1 N–H and O–H groups in total. The van der Waals surface area contributed by atoms with Crippen molar-refractivity contribution in [1.29, 1.82) is 0 Å². The van der Waals surface area contributed by atoms with Gasteiger partial charge in [-0.3, -0.25) is 10.1 Å². The number of carbonyl (C=O) groups is 1. The highest BCUT2D eigenvalue weighted by molar-refractivity contribution is 5.91. The van der Waals surface area contributed by atoms with E-state index in [1.54, 1.807) is 0 Å². The molecule has 16 heavy (non-hydrogen) atoms. The van der Waals surface area contributed by atoms with Gasteiger partial charge in [0.15, 0.2) is 0 Å². The SMILES string of the molecule is CCC1NC2(CC2)C(=O)N1CCCN(C)C. The summed E-state index contributed by atoms with van der Waals surface area (Å²) in [6.45, 7) is 4.09. The van der Waals surface area contributed by atoms with Gasteiger partial charge in [-0.2, -0.15) is 0 Å². The minimum Gasteiger partial charge on any atom is -0.326 e. The molecule has 1 aliphatic carbocycles. The number of nitrogens with zero attached hydrogens (tertiary/aromatic N) is 2. The van der Waals surface area contributed by atoms with Crippen molar-refractivity contribution >= 4 is 5.91 Å². The molecule has 0 radical (unpaired) electrons. The smallest absolute Gasteiger partial charge is 0.244 e. The van der Waals surface area contributed by atoms with Crippen molar-refractivity contribution in [3.8, 4) is 0 Å². The van der Waals surface area contributed by atoms with Crippen molar-refractivity contribution in [3.63, 3.8) is 0 Å². The van der Waals surface area contributed by atoms with Gasteiger partial charge in [-0.05, 0) is 46.3 Å². The molecule has 1 spiro atoms. The average molecular weight is 225 g/mol. The standard InChI is InChI=1S/C12H23N3O/c1-4-10-13-12(6-7-12)11(16)15(10)9-5-8-14(2)3/h10,13H,4-9H2,1-3H3. The Hall–Kier alpha value is -0.610. The fourth-order valence-corrected chi connectivity index (χ4v) is 2.50. The zero-order valence-electron chi connectivity index (χ0n) is 10.6. The lowest BCUT2D eigenvalue weighted by Crippen LogP contribution is -2.38. The third-order valence-electron chi connectivity index (χ3n) is 3.63. The van der Waals surface area contributed by atoms with E-state index in [2.05, 4.69) is 36.1 Å². The van der Waals surface area contributed by atoms with Gasteiger partial charge >= 0.3 is 0 Å². The molecule has 1 aliphatic heterocycles. The number of carbonyl (C=O) groups excluding carboxylic acids is 1. The Morgan fingerprint density at radius 3 is 2.69 bits per heavy atom. The second-order valence-electron chi connectivity index (χ2n) is 5.31. The summed E-state index contributed by atoms with van der Waals surface area (Å²) in [6.07, 6.45) is 4.42. The first-order valence-electron chi connectivity index (χ1n) is 6.32. The molecule has 92 valence electrons. The van der Waals surface area contributed by atoms with Crippen molar-refractivity contribution in [2.45, 2.75) is 44.3 Å². The molecular formula is C12H23N3O. The summed E-state index contributed by atoms with van der Waals surface area (Å²) >= 11 is 0. The van der Waals surface area contributed by atoms with Crippen LogP contribution in [0.2, 0.25) is 0 Å². The number of hydrogen-bond donors (Lipinski definition) is 1. The van der Waals surface area contributed by atoms with E-state index in [1.165, 1.54) is 0 Å². The number of rotatable bonds is 5. The summed E-state index contributed by atoms with van der Waals surface area (Å²) in [5.74, 6) is 0.345.